The number of aromatic nitrogens is 2. The van der Waals surface area contributed by atoms with Gasteiger partial charge in [0.15, 0.2) is 0 Å². The number of para-hydroxylation sites is 1. The number of halogens is 1. The summed E-state index contributed by atoms with van der Waals surface area (Å²) < 4.78 is 15.4. The first-order chi connectivity index (χ1) is 13.9. The lowest BCUT2D eigenvalue weighted by Crippen LogP contribution is -2.23. The monoisotopic (exact) mass is 394 g/mol. The van der Waals surface area contributed by atoms with E-state index >= 15 is 0 Å². The van der Waals surface area contributed by atoms with Gasteiger partial charge in [-0.25, -0.2) is 9.07 Å². The van der Waals surface area contributed by atoms with Crippen molar-refractivity contribution >= 4 is 17.5 Å². The van der Waals surface area contributed by atoms with Gasteiger partial charge in [-0.2, -0.15) is 5.10 Å². The normalized spacial score (nSPS) is 10.8. The Morgan fingerprint density at radius 3 is 2.45 bits per heavy atom. The van der Waals surface area contributed by atoms with Crippen LogP contribution in [-0.2, 0) is 11.3 Å². The summed E-state index contributed by atoms with van der Waals surface area (Å²) >= 11 is 0. The molecule has 0 unspecified atom stereocenters. The third-order valence-corrected chi connectivity index (χ3v) is 4.53. The molecule has 0 aliphatic carbocycles. The highest BCUT2D eigenvalue weighted by molar-refractivity contribution is 5.95. The summed E-state index contributed by atoms with van der Waals surface area (Å²) in [5.41, 5.74) is 2.83. The lowest BCUT2D eigenvalue weighted by Gasteiger charge is -2.09. The first kappa shape index (κ1) is 20.3. The average molecular weight is 394 g/mol. The molecule has 2 N–H and O–H groups in total. The van der Waals surface area contributed by atoms with E-state index in [0.717, 1.165) is 5.56 Å². The SMILES string of the molecule is Cc1c(C(=O)NCc2ccc(NC(=O)C(C)C)cc2)cnn1-c1ccccc1F. The maximum Gasteiger partial charge on any atom is 0.255 e. The van der Waals surface area contributed by atoms with Crippen molar-refractivity contribution in [2.75, 3.05) is 5.32 Å². The van der Waals surface area contributed by atoms with E-state index < -0.39 is 5.82 Å². The van der Waals surface area contributed by atoms with Crippen LogP contribution in [0.2, 0.25) is 0 Å². The van der Waals surface area contributed by atoms with E-state index in [1.54, 1.807) is 37.3 Å². The van der Waals surface area contributed by atoms with Crippen LogP contribution >= 0.6 is 0 Å². The summed E-state index contributed by atoms with van der Waals surface area (Å²) in [5, 5.41) is 9.81. The zero-order chi connectivity index (χ0) is 21.0. The van der Waals surface area contributed by atoms with E-state index in [1.807, 2.05) is 26.0 Å². The van der Waals surface area contributed by atoms with Gasteiger partial charge >= 0.3 is 0 Å². The molecule has 0 saturated carbocycles. The van der Waals surface area contributed by atoms with Crippen molar-refractivity contribution < 1.29 is 14.0 Å². The van der Waals surface area contributed by atoms with Crippen LogP contribution in [0.4, 0.5) is 10.1 Å². The van der Waals surface area contributed by atoms with E-state index in [2.05, 4.69) is 15.7 Å². The van der Waals surface area contributed by atoms with Crippen LogP contribution in [0.15, 0.2) is 54.7 Å². The Morgan fingerprint density at radius 1 is 1.10 bits per heavy atom. The quantitative estimate of drug-likeness (QED) is 0.667. The van der Waals surface area contributed by atoms with E-state index in [0.29, 0.717) is 29.2 Å². The average Bonchev–Trinajstić information content (AvgIpc) is 3.08. The summed E-state index contributed by atoms with van der Waals surface area (Å²) in [6, 6.07) is 13.5. The van der Waals surface area contributed by atoms with Gasteiger partial charge in [-0.3, -0.25) is 9.59 Å². The Labute approximate surface area is 168 Å². The molecule has 2 amide bonds. The minimum Gasteiger partial charge on any atom is -0.348 e. The second kappa shape index (κ2) is 8.68. The maximum atomic E-state index is 14.0. The highest BCUT2D eigenvalue weighted by atomic mass is 19.1. The van der Waals surface area contributed by atoms with Crippen LogP contribution in [0.5, 0.6) is 0 Å². The molecule has 3 aromatic rings. The zero-order valence-corrected chi connectivity index (χ0v) is 16.6. The van der Waals surface area contributed by atoms with E-state index in [4.69, 9.17) is 0 Å². The molecule has 0 aliphatic heterocycles. The summed E-state index contributed by atoms with van der Waals surface area (Å²) in [7, 11) is 0. The van der Waals surface area contributed by atoms with Crippen molar-refractivity contribution in [2.24, 2.45) is 5.92 Å². The number of nitrogens with one attached hydrogen (secondary N) is 2. The Hall–Kier alpha value is -3.48. The Bertz CT molecular complexity index is 1030. The molecule has 1 heterocycles. The molecule has 7 heteroatoms. The van der Waals surface area contributed by atoms with Gasteiger partial charge in [0, 0.05) is 18.2 Å². The first-order valence-electron chi connectivity index (χ1n) is 9.34. The molecule has 29 heavy (non-hydrogen) atoms. The smallest absolute Gasteiger partial charge is 0.255 e. The van der Waals surface area contributed by atoms with Crippen molar-refractivity contribution in [2.45, 2.75) is 27.3 Å². The van der Waals surface area contributed by atoms with Gasteiger partial charge in [-0.15, -0.1) is 0 Å². The third-order valence-electron chi connectivity index (χ3n) is 4.53. The third kappa shape index (κ3) is 4.68. The fourth-order valence-electron chi connectivity index (χ4n) is 2.77. The Kier molecular flexibility index (Phi) is 6.07. The molecule has 0 aliphatic rings. The van der Waals surface area contributed by atoms with Crippen molar-refractivity contribution in [3.05, 3.63) is 77.4 Å². The van der Waals surface area contributed by atoms with Gasteiger partial charge in [-0.1, -0.05) is 38.1 Å². The van der Waals surface area contributed by atoms with Crippen molar-refractivity contribution in [1.82, 2.24) is 15.1 Å². The lowest BCUT2D eigenvalue weighted by atomic mass is 10.1. The highest BCUT2D eigenvalue weighted by Crippen LogP contribution is 2.17. The Morgan fingerprint density at radius 2 is 1.79 bits per heavy atom. The fraction of sp³-hybridized carbons (Fsp3) is 0.227. The number of benzene rings is 2. The molecule has 0 fully saturated rings. The number of carbonyl (C=O) groups excluding carboxylic acids is 2. The van der Waals surface area contributed by atoms with Crippen LogP contribution in [0.1, 0.15) is 35.5 Å². The summed E-state index contributed by atoms with van der Waals surface area (Å²) in [4.78, 5) is 24.3. The second-order valence-electron chi connectivity index (χ2n) is 7.03. The van der Waals surface area contributed by atoms with Crippen LogP contribution in [-0.4, -0.2) is 21.6 Å². The number of nitrogens with zero attached hydrogens (tertiary/aromatic N) is 2. The number of hydrogen-bond donors (Lipinski definition) is 2. The summed E-state index contributed by atoms with van der Waals surface area (Å²) in [6.45, 7) is 5.70. The van der Waals surface area contributed by atoms with E-state index in [1.165, 1.54) is 16.9 Å². The van der Waals surface area contributed by atoms with Gasteiger partial charge in [0.25, 0.3) is 5.91 Å². The van der Waals surface area contributed by atoms with Crippen LogP contribution < -0.4 is 10.6 Å². The summed E-state index contributed by atoms with van der Waals surface area (Å²) in [6.07, 6.45) is 1.43. The van der Waals surface area contributed by atoms with Gasteiger partial charge < -0.3 is 10.6 Å². The first-order valence-corrected chi connectivity index (χ1v) is 9.34. The maximum absolute atomic E-state index is 14.0. The molecule has 150 valence electrons. The second-order valence-corrected chi connectivity index (χ2v) is 7.03. The molecule has 3 rings (SSSR count). The topological polar surface area (TPSA) is 76.0 Å². The molecule has 0 bridgehead atoms. The molecular weight excluding hydrogens is 371 g/mol. The molecule has 0 saturated heterocycles. The van der Waals surface area contributed by atoms with Crippen LogP contribution in [0.3, 0.4) is 0 Å². The minimum atomic E-state index is -0.407. The predicted molar refractivity (Wildman–Crippen MR) is 109 cm³/mol. The minimum absolute atomic E-state index is 0.0478. The largest absolute Gasteiger partial charge is 0.348 e. The predicted octanol–water partition coefficient (Wildman–Crippen LogP) is 3.84. The van der Waals surface area contributed by atoms with Gasteiger partial charge in [0.1, 0.15) is 11.5 Å². The lowest BCUT2D eigenvalue weighted by molar-refractivity contribution is -0.118. The Balaban J connectivity index is 1.64. The summed E-state index contributed by atoms with van der Waals surface area (Å²) in [5.74, 6) is -0.839. The van der Waals surface area contributed by atoms with Gasteiger partial charge in [-0.05, 0) is 36.8 Å². The van der Waals surface area contributed by atoms with E-state index in [-0.39, 0.29) is 17.7 Å². The number of carbonyl (C=O) groups is 2. The molecule has 2 aromatic carbocycles. The molecule has 6 nitrogen and oxygen atoms in total. The number of rotatable bonds is 6. The van der Waals surface area contributed by atoms with Gasteiger partial charge in [0.2, 0.25) is 5.91 Å². The van der Waals surface area contributed by atoms with Crippen LogP contribution in [0, 0.1) is 18.7 Å². The van der Waals surface area contributed by atoms with E-state index in [9.17, 15) is 14.0 Å². The van der Waals surface area contributed by atoms with Gasteiger partial charge in [0.05, 0.1) is 17.5 Å². The molecule has 0 atom stereocenters. The number of hydrogen-bond acceptors (Lipinski definition) is 3. The molecule has 0 radical (unpaired) electrons. The number of anilines is 1. The zero-order valence-electron chi connectivity index (χ0n) is 16.6. The van der Waals surface area contributed by atoms with Crippen molar-refractivity contribution in [1.29, 1.82) is 0 Å². The van der Waals surface area contributed by atoms with Crippen molar-refractivity contribution in [3.8, 4) is 5.69 Å². The number of amides is 2. The van der Waals surface area contributed by atoms with Crippen molar-refractivity contribution in [3.63, 3.8) is 0 Å². The molecular formula is C22H23FN4O2. The van der Waals surface area contributed by atoms with Crippen LogP contribution in [0.25, 0.3) is 5.69 Å². The highest BCUT2D eigenvalue weighted by Gasteiger charge is 2.16. The molecule has 1 aromatic heterocycles. The molecule has 0 spiro atoms. The standard InChI is InChI=1S/C22H23FN4O2/c1-14(2)21(28)26-17-10-8-16(9-11-17)12-24-22(29)18-13-25-27(15(18)3)20-7-5-4-6-19(20)23/h4-11,13-14H,12H2,1-3H3,(H,24,29)(H,26,28). The fourth-order valence-corrected chi connectivity index (χ4v) is 2.77.